The maximum Gasteiger partial charge on any atom is 0.315 e. The zero-order valence-electron chi connectivity index (χ0n) is 19.8. The third-order valence-electron chi connectivity index (χ3n) is 6.56. The van der Waals surface area contributed by atoms with E-state index in [0.717, 1.165) is 11.1 Å². The van der Waals surface area contributed by atoms with Crippen LogP contribution >= 0.6 is 0 Å². The highest BCUT2D eigenvalue weighted by Gasteiger charge is 2.44. The van der Waals surface area contributed by atoms with Gasteiger partial charge in [-0.1, -0.05) is 18.2 Å². The summed E-state index contributed by atoms with van der Waals surface area (Å²) >= 11 is 0. The van der Waals surface area contributed by atoms with Gasteiger partial charge in [-0.2, -0.15) is 0 Å². The van der Waals surface area contributed by atoms with Crippen molar-refractivity contribution in [2.45, 2.75) is 38.5 Å². The Morgan fingerprint density at radius 2 is 1.71 bits per heavy atom. The smallest absolute Gasteiger partial charge is 0.315 e. The van der Waals surface area contributed by atoms with Crippen LogP contribution in [0.2, 0.25) is 0 Å². The number of hydrogen-bond acceptors (Lipinski definition) is 7. The van der Waals surface area contributed by atoms with E-state index in [1.54, 1.807) is 45.4 Å². The van der Waals surface area contributed by atoms with Gasteiger partial charge < -0.3 is 19.3 Å². The van der Waals surface area contributed by atoms with Crippen molar-refractivity contribution in [3.05, 3.63) is 64.9 Å². The predicted octanol–water partition coefficient (Wildman–Crippen LogP) is 4.55. The highest BCUT2D eigenvalue weighted by Crippen LogP contribution is 2.47. The number of methoxy groups -OCH3 is 2. The van der Waals surface area contributed by atoms with E-state index in [-0.39, 0.29) is 24.1 Å². The van der Waals surface area contributed by atoms with Crippen LogP contribution in [0.25, 0.3) is 0 Å². The summed E-state index contributed by atoms with van der Waals surface area (Å²) in [6.45, 7) is 3.81. The molecule has 2 aliphatic rings. The van der Waals surface area contributed by atoms with Gasteiger partial charge in [-0.05, 0) is 61.6 Å². The molecule has 1 aliphatic heterocycles. The first-order chi connectivity index (χ1) is 16.4. The molecule has 2 aromatic rings. The summed E-state index contributed by atoms with van der Waals surface area (Å²) in [6, 6.07) is 12.3. The molecule has 0 aromatic heterocycles. The number of ether oxygens (including phenoxy) is 3. The number of aromatic hydroxyl groups is 1. The van der Waals surface area contributed by atoms with E-state index < -0.39 is 17.8 Å². The number of rotatable bonds is 6. The molecule has 178 valence electrons. The van der Waals surface area contributed by atoms with Gasteiger partial charge in [-0.15, -0.1) is 0 Å². The molecule has 0 bridgehead atoms. The fourth-order valence-corrected chi connectivity index (χ4v) is 4.98. The number of phenols is 1. The molecule has 0 saturated heterocycles. The molecule has 1 heterocycles. The molecule has 3 atom stereocenters. The molecule has 0 amide bonds. The lowest BCUT2D eigenvalue weighted by Crippen LogP contribution is -2.38. The summed E-state index contributed by atoms with van der Waals surface area (Å²) in [5.41, 5.74) is 3.63. The molecule has 4 rings (SSSR count). The number of aliphatic imine (C=N–C) groups is 1. The summed E-state index contributed by atoms with van der Waals surface area (Å²) < 4.78 is 16.1. The number of ketones is 1. The third kappa shape index (κ3) is 4.30. The van der Waals surface area contributed by atoms with Crippen molar-refractivity contribution in [2.75, 3.05) is 20.8 Å². The minimum absolute atomic E-state index is 0.0374. The number of Topliss-reactive ketones (excluding diaryl/α,β-unsaturated/α-hetero) is 1. The van der Waals surface area contributed by atoms with E-state index in [1.165, 1.54) is 0 Å². The van der Waals surface area contributed by atoms with Crippen LogP contribution in [0.15, 0.2) is 58.7 Å². The molecule has 7 heteroatoms. The second kappa shape index (κ2) is 9.71. The fourth-order valence-electron chi connectivity index (χ4n) is 4.98. The monoisotopic (exact) mass is 463 g/mol. The van der Waals surface area contributed by atoms with Gasteiger partial charge in [0.2, 0.25) is 0 Å². The van der Waals surface area contributed by atoms with E-state index in [2.05, 4.69) is 0 Å². The minimum atomic E-state index is -0.690. The predicted molar refractivity (Wildman–Crippen MR) is 128 cm³/mol. The van der Waals surface area contributed by atoms with Gasteiger partial charge in [-0.3, -0.25) is 14.6 Å². The molecule has 2 aromatic carbocycles. The van der Waals surface area contributed by atoms with E-state index in [4.69, 9.17) is 19.2 Å². The van der Waals surface area contributed by atoms with Crippen LogP contribution in [-0.2, 0) is 14.3 Å². The number of nitrogens with zero attached hydrogens (tertiary/aromatic N) is 1. The van der Waals surface area contributed by atoms with Gasteiger partial charge in [-0.25, -0.2) is 0 Å². The summed E-state index contributed by atoms with van der Waals surface area (Å²) in [4.78, 5) is 31.3. The fraction of sp³-hybridized carbons (Fsp3) is 0.370. The first-order valence-electron chi connectivity index (χ1n) is 11.4. The molecule has 1 N–H and O–H groups in total. The maximum absolute atomic E-state index is 13.6. The summed E-state index contributed by atoms with van der Waals surface area (Å²) in [7, 11) is 3.17. The number of phenolic OH excluding ortho intramolecular Hbond substituents is 1. The lowest BCUT2D eigenvalue weighted by atomic mass is 9.69. The second-order valence-electron chi connectivity index (χ2n) is 8.56. The Balaban J connectivity index is 1.77. The third-order valence-corrected chi connectivity index (χ3v) is 6.56. The highest BCUT2D eigenvalue weighted by atomic mass is 16.5. The van der Waals surface area contributed by atoms with Crippen molar-refractivity contribution in [1.82, 2.24) is 0 Å². The Kier molecular flexibility index (Phi) is 6.72. The molecule has 7 nitrogen and oxygen atoms in total. The van der Waals surface area contributed by atoms with Crippen molar-refractivity contribution < 1.29 is 28.9 Å². The van der Waals surface area contributed by atoms with E-state index >= 15 is 0 Å². The van der Waals surface area contributed by atoms with E-state index in [1.807, 2.05) is 25.1 Å². The SMILES string of the molecule is CCOC(=O)C1C(C)=NC2=C(C(=O)C[C@@H](c3ccc(OC)c(OC)c3)C2)[C@@H]1c1ccc(O)cc1. The van der Waals surface area contributed by atoms with Crippen LogP contribution < -0.4 is 9.47 Å². The molecule has 1 unspecified atom stereocenters. The number of allylic oxidation sites excluding steroid dienone is 2. The Bertz CT molecular complexity index is 1160. The van der Waals surface area contributed by atoms with Crippen molar-refractivity contribution in [1.29, 1.82) is 0 Å². The van der Waals surface area contributed by atoms with Gasteiger partial charge >= 0.3 is 5.97 Å². The lowest BCUT2D eigenvalue weighted by molar-refractivity contribution is -0.146. The lowest BCUT2D eigenvalue weighted by Gasteiger charge is -2.36. The summed E-state index contributed by atoms with van der Waals surface area (Å²) in [5.74, 6) is -0.342. The standard InChI is InChI=1S/C27H29NO6/c1-5-34-27(31)24-15(2)28-20-12-18(17-8-11-22(32-3)23(14-17)33-4)13-21(30)26(20)25(24)16-6-9-19(29)10-7-16/h6-11,14,18,24-25,29H,5,12-13H2,1-4H3/t18-,24?,25+/m0/s1. The van der Waals surface area contributed by atoms with Crippen LogP contribution in [0.4, 0.5) is 0 Å². The highest BCUT2D eigenvalue weighted by molar-refractivity contribution is 6.09. The van der Waals surface area contributed by atoms with Crippen LogP contribution in [-0.4, -0.2) is 43.4 Å². The van der Waals surface area contributed by atoms with Gasteiger partial charge in [0.25, 0.3) is 0 Å². The van der Waals surface area contributed by atoms with Gasteiger partial charge in [0, 0.05) is 29.3 Å². The molecular formula is C27H29NO6. The van der Waals surface area contributed by atoms with Crippen molar-refractivity contribution in [3.8, 4) is 17.2 Å². The van der Waals surface area contributed by atoms with Gasteiger partial charge in [0.05, 0.1) is 20.8 Å². The average molecular weight is 464 g/mol. The molecule has 0 saturated carbocycles. The zero-order valence-corrected chi connectivity index (χ0v) is 19.8. The van der Waals surface area contributed by atoms with Crippen LogP contribution in [0.1, 0.15) is 49.7 Å². The zero-order chi connectivity index (χ0) is 24.4. The van der Waals surface area contributed by atoms with Gasteiger partial charge in [0.15, 0.2) is 17.3 Å². The maximum atomic E-state index is 13.6. The molecule has 0 fully saturated rings. The molecule has 1 aliphatic carbocycles. The normalized spacial score (nSPS) is 22.1. The van der Waals surface area contributed by atoms with Crippen molar-refractivity contribution in [2.24, 2.45) is 10.9 Å². The first-order valence-corrected chi connectivity index (χ1v) is 11.4. The molecular weight excluding hydrogens is 434 g/mol. The molecule has 34 heavy (non-hydrogen) atoms. The Morgan fingerprint density at radius 1 is 1.03 bits per heavy atom. The summed E-state index contributed by atoms with van der Waals surface area (Å²) in [5, 5.41) is 9.78. The van der Waals surface area contributed by atoms with Crippen LogP contribution in [0, 0.1) is 5.92 Å². The van der Waals surface area contributed by atoms with E-state index in [9.17, 15) is 14.7 Å². The number of benzene rings is 2. The first kappa shape index (κ1) is 23.5. The quantitative estimate of drug-likeness (QED) is 0.632. The minimum Gasteiger partial charge on any atom is -0.508 e. The van der Waals surface area contributed by atoms with Crippen molar-refractivity contribution >= 4 is 17.5 Å². The summed E-state index contributed by atoms with van der Waals surface area (Å²) in [6.07, 6.45) is 0.866. The Labute approximate surface area is 199 Å². The average Bonchev–Trinajstić information content (AvgIpc) is 2.83. The number of carbonyl (C=O) groups is 2. The Morgan fingerprint density at radius 3 is 2.35 bits per heavy atom. The Hall–Kier alpha value is -3.61. The van der Waals surface area contributed by atoms with Gasteiger partial charge in [0.1, 0.15) is 11.7 Å². The number of hydrogen-bond donors (Lipinski definition) is 1. The molecule has 0 radical (unpaired) electrons. The van der Waals surface area contributed by atoms with Crippen LogP contribution in [0.3, 0.4) is 0 Å². The number of esters is 1. The second-order valence-corrected chi connectivity index (χ2v) is 8.56. The number of carbonyl (C=O) groups excluding carboxylic acids is 2. The topological polar surface area (TPSA) is 94.4 Å². The van der Waals surface area contributed by atoms with E-state index in [0.29, 0.717) is 41.3 Å². The van der Waals surface area contributed by atoms with Crippen LogP contribution in [0.5, 0.6) is 17.2 Å². The van der Waals surface area contributed by atoms with Crippen molar-refractivity contribution in [3.63, 3.8) is 0 Å². The molecule has 0 spiro atoms. The largest absolute Gasteiger partial charge is 0.508 e.